The number of para-hydroxylation sites is 4. The van der Waals surface area contributed by atoms with Crippen LogP contribution in [0.15, 0.2) is 273 Å². The highest BCUT2D eigenvalue weighted by Crippen LogP contribution is 2.67. The molecule has 0 bridgehead atoms. The fourth-order valence-corrected chi connectivity index (χ4v) is 13.6. The Morgan fingerprint density at radius 1 is 0.267 bits per heavy atom. The first-order valence-electron chi connectivity index (χ1n) is 25.9. The second-order valence-corrected chi connectivity index (χ2v) is 20.2. The fourth-order valence-electron chi connectivity index (χ4n) is 13.6. The molecule has 3 nitrogen and oxygen atoms in total. The van der Waals surface area contributed by atoms with Crippen LogP contribution in [-0.2, 0) is 10.8 Å². The van der Waals surface area contributed by atoms with Crippen LogP contribution in [0.2, 0.25) is 0 Å². The van der Waals surface area contributed by atoms with Crippen molar-refractivity contribution >= 4 is 27.8 Å². The van der Waals surface area contributed by atoms with Crippen LogP contribution in [-0.4, -0.2) is 0 Å². The topological polar surface area (TPSA) is 21.7 Å². The molecule has 0 fully saturated rings. The molecule has 0 N–H and O–H groups in total. The van der Waals surface area contributed by atoms with Gasteiger partial charge >= 0.3 is 0 Å². The van der Waals surface area contributed by atoms with Crippen LogP contribution in [0.3, 0.4) is 0 Å². The van der Waals surface area contributed by atoms with Gasteiger partial charge in [0.25, 0.3) is 0 Å². The van der Waals surface area contributed by atoms with Crippen LogP contribution < -0.4 is 14.4 Å². The minimum absolute atomic E-state index is 0.643. The van der Waals surface area contributed by atoms with E-state index >= 15 is 0 Å². The number of fused-ring (bicyclic) bond motifs is 20. The van der Waals surface area contributed by atoms with Crippen molar-refractivity contribution in [2.24, 2.45) is 0 Å². The average Bonchev–Trinajstić information content (AvgIpc) is 4.07. The minimum atomic E-state index is -0.670. The van der Waals surface area contributed by atoms with Crippen molar-refractivity contribution in [2.45, 2.75) is 10.8 Å². The standard InChI is InChI=1S/C72H45NO2/c1-2-17-46(18-3-1)47-33-35-48(36-34-47)49-37-40-51(41-38-49)73(52-42-43-55-54-21-6-7-22-56(54)71(63(55)45-52)57-23-8-12-29-65(57)74-66-30-13-9-24-58(66)71)64-28-16-27-61-70(64)69-53-20-5-4-19-50(53)39-44-62(69)72(61)59-25-10-14-31-67(59)75-68-32-15-11-26-60(68)72/h1-45H. The predicted octanol–water partition coefficient (Wildman–Crippen LogP) is 18.6. The Kier molecular flexibility index (Phi) is 8.88. The molecular formula is C72H45NO2. The van der Waals surface area contributed by atoms with Crippen molar-refractivity contribution in [2.75, 3.05) is 4.90 Å². The SMILES string of the molecule is c1ccc(-c2ccc(-c3ccc(N(c4ccc5c(c4)C4(c6ccccc6Oc6ccccc64)c4ccccc4-5)c4cccc5c4-c4c(ccc6ccccc46)C54c5ccccc5Oc5ccccc54)cc3)cc2)cc1. The third-order valence-corrected chi connectivity index (χ3v) is 16.6. The summed E-state index contributed by atoms with van der Waals surface area (Å²) in [6.45, 7) is 0. The molecule has 2 aliphatic heterocycles. The summed E-state index contributed by atoms with van der Waals surface area (Å²) in [6.07, 6.45) is 0. The molecule has 4 aliphatic rings. The van der Waals surface area contributed by atoms with Crippen molar-refractivity contribution < 1.29 is 9.47 Å². The second kappa shape index (κ2) is 15.9. The molecule has 2 aliphatic carbocycles. The molecule has 3 heteroatoms. The maximum absolute atomic E-state index is 6.83. The van der Waals surface area contributed by atoms with Gasteiger partial charge < -0.3 is 14.4 Å². The Hall–Kier alpha value is -9.70. The summed E-state index contributed by atoms with van der Waals surface area (Å²) in [6, 6.07) is 100. The van der Waals surface area contributed by atoms with E-state index in [4.69, 9.17) is 9.47 Å². The Bertz CT molecular complexity index is 4220. The largest absolute Gasteiger partial charge is 0.457 e. The first-order valence-corrected chi connectivity index (χ1v) is 25.9. The van der Waals surface area contributed by atoms with E-state index in [2.05, 4.69) is 278 Å². The Balaban J connectivity index is 0.977. The zero-order chi connectivity index (χ0) is 49.2. The van der Waals surface area contributed by atoms with Gasteiger partial charge in [0.1, 0.15) is 23.0 Å². The molecular weight excluding hydrogens is 911 g/mol. The number of hydrogen-bond acceptors (Lipinski definition) is 3. The molecule has 0 amide bonds. The Labute approximate surface area is 435 Å². The zero-order valence-electron chi connectivity index (χ0n) is 40.7. The second-order valence-electron chi connectivity index (χ2n) is 20.2. The number of anilines is 3. The van der Waals surface area contributed by atoms with Crippen molar-refractivity contribution in [3.05, 3.63) is 317 Å². The van der Waals surface area contributed by atoms with E-state index in [1.165, 1.54) is 72.0 Å². The molecule has 16 rings (SSSR count). The van der Waals surface area contributed by atoms with Gasteiger partial charge in [-0.05, 0) is 127 Å². The van der Waals surface area contributed by atoms with Gasteiger partial charge in [0, 0.05) is 39.2 Å². The van der Waals surface area contributed by atoms with E-state index in [-0.39, 0.29) is 0 Å². The lowest BCUT2D eigenvalue weighted by Crippen LogP contribution is -2.32. The number of ether oxygens (including phenoxy) is 2. The highest BCUT2D eigenvalue weighted by atomic mass is 16.5. The van der Waals surface area contributed by atoms with Crippen LogP contribution in [0.25, 0.3) is 55.3 Å². The van der Waals surface area contributed by atoms with Crippen molar-refractivity contribution in [1.82, 2.24) is 0 Å². The van der Waals surface area contributed by atoms with Crippen LogP contribution in [0, 0.1) is 0 Å². The quantitative estimate of drug-likeness (QED) is 0.172. The van der Waals surface area contributed by atoms with Crippen LogP contribution in [0.1, 0.15) is 44.5 Å². The molecule has 12 aromatic rings. The molecule has 75 heavy (non-hydrogen) atoms. The molecule has 0 atom stereocenters. The summed E-state index contributed by atoms with van der Waals surface area (Å²) in [5, 5.41) is 2.42. The summed E-state index contributed by atoms with van der Waals surface area (Å²) < 4.78 is 13.6. The van der Waals surface area contributed by atoms with Gasteiger partial charge in [-0.3, -0.25) is 0 Å². The van der Waals surface area contributed by atoms with Crippen molar-refractivity contribution in [3.63, 3.8) is 0 Å². The molecule has 0 saturated heterocycles. The third-order valence-electron chi connectivity index (χ3n) is 16.6. The van der Waals surface area contributed by atoms with Gasteiger partial charge in [0.2, 0.25) is 0 Å². The van der Waals surface area contributed by atoms with Crippen molar-refractivity contribution in [3.8, 4) is 67.5 Å². The lowest BCUT2D eigenvalue weighted by atomic mass is 9.66. The van der Waals surface area contributed by atoms with E-state index in [1.807, 2.05) is 0 Å². The molecule has 0 saturated carbocycles. The summed E-state index contributed by atoms with van der Waals surface area (Å²) in [4.78, 5) is 2.52. The lowest BCUT2D eigenvalue weighted by molar-refractivity contribution is 0.436. The zero-order valence-corrected chi connectivity index (χ0v) is 40.7. The number of rotatable bonds is 5. The van der Waals surface area contributed by atoms with Crippen LogP contribution in [0.4, 0.5) is 17.1 Å². The summed E-state index contributed by atoms with van der Waals surface area (Å²) in [5.41, 5.74) is 21.1. The molecule has 0 radical (unpaired) electrons. The summed E-state index contributed by atoms with van der Waals surface area (Å²) >= 11 is 0. The van der Waals surface area contributed by atoms with Gasteiger partial charge in [-0.25, -0.2) is 0 Å². The van der Waals surface area contributed by atoms with Crippen LogP contribution in [0.5, 0.6) is 23.0 Å². The van der Waals surface area contributed by atoms with E-state index in [1.54, 1.807) is 0 Å². The third kappa shape index (κ3) is 5.75. The summed E-state index contributed by atoms with van der Waals surface area (Å²) in [7, 11) is 0. The molecule has 12 aromatic carbocycles. The summed E-state index contributed by atoms with van der Waals surface area (Å²) in [5.74, 6) is 3.50. The highest BCUT2D eigenvalue weighted by Gasteiger charge is 2.54. The molecule has 2 spiro atoms. The first kappa shape index (κ1) is 41.9. The van der Waals surface area contributed by atoms with E-state index in [0.29, 0.717) is 0 Å². The van der Waals surface area contributed by atoms with Crippen LogP contribution >= 0.6 is 0 Å². The lowest BCUT2D eigenvalue weighted by Gasteiger charge is -2.40. The molecule has 0 unspecified atom stereocenters. The molecule has 2 heterocycles. The highest BCUT2D eigenvalue weighted by molar-refractivity contribution is 6.09. The van der Waals surface area contributed by atoms with E-state index in [0.717, 1.165) is 67.9 Å². The van der Waals surface area contributed by atoms with Gasteiger partial charge in [0.15, 0.2) is 0 Å². The maximum Gasteiger partial charge on any atom is 0.132 e. The van der Waals surface area contributed by atoms with Gasteiger partial charge in [-0.15, -0.1) is 0 Å². The molecule has 0 aromatic heterocycles. The predicted molar refractivity (Wildman–Crippen MR) is 304 cm³/mol. The fraction of sp³-hybridized carbons (Fsp3) is 0.0278. The number of nitrogens with zero attached hydrogens (tertiary/aromatic N) is 1. The number of benzene rings is 12. The smallest absolute Gasteiger partial charge is 0.132 e. The van der Waals surface area contributed by atoms with Gasteiger partial charge in [-0.2, -0.15) is 0 Å². The van der Waals surface area contributed by atoms with Gasteiger partial charge in [0.05, 0.1) is 16.5 Å². The number of hydrogen-bond donors (Lipinski definition) is 0. The van der Waals surface area contributed by atoms with E-state index in [9.17, 15) is 0 Å². The van der Waals surface area contributed by atoms with E-state index < -0.39 is 10.8 Å². The Morgan fingerprint density at radius 3 is 1.32 bits per heavy atom. The average molecular weight is 956 g/mol. The van der Waals surface area contributed by atoms with Gasteiger partial charge in [-0.1, -0.05) is 218 Å². The first-order chi connectivity index (χ1) is 37.2. The normalized spacial score (nSPS) is 14.0. The minimum Gasteiger partial charge on any atom is -0.457 e. The monoisotopic (exact) mass is 955 g/mol. The van der Waals surface area contributed by atoms with Crippen molar-refractivity contribution in [1.29, 1.82) is 0 Å². The molecule has 350 valence electrons. The maximum atomic E-state index is 6.83. The Morgan fingerprint density at radius 2 is 0.707 bits per heavy atom.